The van der Waals surface area contributed by atoms with Crippen molar-refractivity contribution in [3.63, 3.8) is 0 Å². The van der Waals surface area contributed by atoms with Crippen molar-refractivity contribution in [2.24, 2.45) is 0 Å². The topological polar surface area (TPSA) is 13.1 Å². The van der Waals surface area contributed by atoms with Gasteiger partial charge in [-0.3, -0.25) is 0 Å². The molecule has 0 aliphatic heterocycles. The zero-order chi connectivity index (χ0) is 23.9. The van der Waals surface area contributed by atoms with E-state index in [0.717, 1.165) is 23.0 Å². The summed E-state index contributed by atoms with van der Waals surface area (Å²) >= 11 is 0. The minimum absolute atomic E-state index is 0.930. The molecule has 0 saturated heterocycles. The van der Waals surface area contributed by atoms with Crippen LogP contribution in [0.15, 0.2) is 119 Å². The van der Waals surface area contributed by atoms with Crippen molar-refractivity contribution in [3.05, 3.63) is 120 Å². The van der Waals surface area contributed by atoms with E-state index in [0.29, 0.717) is 0 Å². The van der Waals surface area contributed by atoms with E-state index >= 15 is 0 Å². The average Bonchev–Trinajstić information content (AvgIpc) is 3.28. The van der Waals surface area contributed by atoms with Gasteiger partial charge in [-0.15, -0.1) is 0 Å². The lowest BCUT2D eigenvalue weighted by Gasteiger charge is -2.07. The molecule has 1 heteroatoms. The predicted molar refractivity (Wildman–Crippen MR) is 148 cm³/mol. The summed E-state index contributed by atoms with van der Waals surface area (Å²) in [6, 6.07) is 32.3. The van der Waals surface area contributed by atoms with Gasteiger partial charge in [0.2, 0.25) is 0 Å². The SMILES string of the molecule is C/C=C(C)\C=C/Cc1ccc(-c2cccc(-c3ccc4c(c3)oc3ccccc34)c2)cc1.CC. The number of rotatable bonds is 5. The number of furan rings is 1. The molecule has 0 aliphatic carbocycles. The average molecular weight is 445 g/mol. The highest BCUT2D eigenvalue weighted by Gasteiger charge is 2.08. The first-order valence-corrected chi connectivity index (χ1v) is 12.1. The van der Waals surface area contributed by atoms with Gasteiger partial charge in [-0.05, 0) is 72.4 Å². The van der Waals surface area contributed by atoms with Crippen molar-refractivity contribution in [1.29, 1.82) is 0 Å². The summed E-state index contributed by atoms with van der Waals surface area (Å²) in [6.45, 7) is 8.19. The molecule has 0 spiro atoms. The first-order valence-electron chi connectivity index (χ1n) is 12.1. The second kappa shape index (κ2) is 10.9. The van der Waals surface area contributed by atoms with E-state index in [9.17, 15) is 0 Å². The summed E-state index contributed by atoms with van der Waals surface area (Å²) in [5.74, 6) is 0. The Hall–Kier alpha value is -3.84. The third-order valence-corrected chi connectivity index (χ3v) is 6.05. The fourth-order valence-electron chi connectivity index (χ4n) is 4.09. The molecule has 0 radical (unpaired) electrons. The molecule has 5 aromatic rings. The van der Waals surface area contributed by atoms with Gasteiger partial charge in [0.1, 0.15) is 11.2 Å². The summed E-state index contributed by atoms with van der Waals surface area (Å²) in [7, 11) is 0. The minimum Gasteiger partial charge on any atom is -0.456 e. The first kappa shape index (κ1) is 23.3. The molecule has 0 saturated carbocycles. The molecular formula is C33H32O. The van der Waals surface area contributed by atoms with Crippen molar-refractivity contribution < 1.29 is 4.42 Å². The molecule has 4 aromatic carbocycles. The van der Waals surface area contributed by atoms with Gasteiger partial charge in [0.25, 0.3) is 0 Å². The van der Waals surface area contributed by atoms with Crippen LogP contribution in [0, 0.1) is 0 Å². The van der Waals surface area contributed by atoms with E-state index in [1.165, 1.54) is 38.8 Å². The van der Waals surface area contributed by atoms with Gasteiger partial charge in [0, 0.05) is 10.8 Å². The molecular weight excluding hydrogens is 412 g/mol. The number of benzene rings is 4. The standard InChI is InChI=1S/C31H26O.C2H6/c1-3-22(2)8-6-9-23-14-16-24(17-15-23)25-10-7-11-26(20-25)27-18-19-29-28-12-4-5-13-30(28)32-31(29)21-27;1-2/h3-8,10-21H,9H2,1-2H3;1-2H3/b8-6-,22-3-;. The van der Waals surface area contributed by atoms with Crippen LogP contribution in [-0.4, -0.2) is 0 Å². The number of para-hydroxylation sites is 1. The van der Waals surface area contributed by atoms with Crippen LogP contribution in [0.25, 0.3) is 44.2 Å². The molecule has 1 heterocycles. The third kappa shape index (κ3) is 5.05. The van der Waals surface area contributed by atoms with Gasteiger partial charge in [0.15, 0.2) is 0 Å². The molecule has 0 atom stereocenters. The van der Waals surface area contributed by atoms with E-state index < -0.39 is 0 Å². The Labute approximate surface area is 203 Å². The smallest absolute Gasteiger partial charge is 0.136 e. The Morgan fingerprint density at radius 1 is 0.676 bits per heavy atom. The molecule has 0 unspecified atom stereocenters. The molecule has 170 valence electrons. The third-order valence-electron chi connectivity index (χ3n) is 6.05. The zero-order valence-electron chi connectivity index (χ0n) is 20.5. The van der Waals surface area contributed by atoms with Gasteiger partial charge >= 0.3 is 0 Å². The van der Waals surface area contributed by atoms with Gasteiger partial charge in [-0.25, -0.2) is 0 Å². The van der Waals surface area contributed by atoms with Crippen molar-refractivity contribution in [3.8, 4) is 22.3 Å². The van der Waals surface area contributed by atoms with Crippen molar-refractivity contribution in [2.45, 2.75) is 34.1 Å². The number of hydrogen-bond acceptors (Lipinski definition) is 1. The van der Waals surface area contributed by atoms with Crippen LogP contribution in [0.1, 0.15) is 33.3 Å². The normalized spacial score (nSPS) is 11.7. The fraction of sp³-hybridized carbons (Fsp3) is 0.152. The summed E-state index contributed by atoms with van der Waals surface area (Å²) in [6.07, 6.45) is 7.47. The summed E-state index contributed by atoms with van der Waals surface area (Å²) in [5.41, 5.74) is 9.29. The lowest BCUT2D eigenvalue weighted by atomic mass is 9.97. The lowest BCUT2D eigenvalue weighted by Crippen LogP contribution is -1.84. The van der Waals surface area contributed by atoms with Crippen LogP contribution < -0.4 is 0 Å². The Bertz CT molecular complexity index is 1450. The van der Waals surface area contributed by atoms with E-state index in [2.05, 4.69) is 111 Å². The monoisotopic (exact) mass is 444 g/mol. The van der Waals surface area contributed by atoms with Crippen molar-refractivity contribution >= 4 is 21.9 Å². The Morgan fingerprint density at radius 3 is 2.09 bits per heavy atom. The maximum Gasteiger partial charge on any atom is 0.136 e. The van der Waals surface area contributed by atoms with E-state index in [-0.39, 0.29) is 0 Å². The van der Waals surface area contributed by atoms with E-state index in [1.807, 2.05) is 26.0 Å². The van der Waals surface area contributed by atoms with Gasteiger partial charge in [-0.2, -0.15) is 0 Å². The van der Waals surface area contributed by atoms with Crippen molar-refractivity contribution in [2.75, 3.05) is 0 Å². The molecule has 34 heavy (non-hydrogen) atoms. The van der Waals surface area contributed by atoms with Crippen LogP contribution >= 0.6 is 0 Å². The highest BCUT2D eigenvalue weighted by atomic mass is 16.3. The Balaban J connectivity index is 0.00000133. The Morgan fingerprint density at radius 2 is 1.32 bits per heavy atom. The molecule has 1 aromatic heterocycles. The zero-order valence-corrected chi connectivity index (χ0v) is 20.5. The maximum absolute atomic E-state index is 6.09. The molecule has 0 amide bonds. The van der Waals surface area contributed by atoms with Crippen LogP contribution in [0.5, 0.6) is 0 Å². The van der Waals surface area contributed by atoms with Crippen molar-refractivity contribution in [1.82, 2.24) is 0 Å². The quantitative estimate of drug-likeness (QED) is 0.246. The second-order valence-electron chi connectivity index (χ2n) is 8.23. The van der Waals surface area contributed by atoms with E-state index in [4.69, 9.17) is 4.42 Å². The number of fused-ring (bicyclic) bond motifs is 3. The highest BCUT2D eigenvalue weighted by Crippen LogP contribution is 2.33. The van der Waals surface area contributed by atoms with Crippen LogP contribution in [0.3, 0.4) is 0 Å². The summed E-state index contributed by atoms with van der Waals surface area (Å²) < 4.78 is 6.09. The number of hydrogen-bond donors (Lipinski definition) is 0. The minimum atomic E-state index is 0.930. The first-order chi connectivity index (χ1) is 16.7. The number of allylic oxidation sites excluding steroid dienone is 4. The molecule has 5 rings (SSSR count). The van der Waals surface area contributed by atoms with Crippen LogP contribution in [-0.2, 0) is 6.42 Å². The second-order valence-corrected chi connectivity index (χ2v) is 8.23. The Kier molecular flexibility index (Phi) is 7.44. The predicted octanol–water partition coefficient (Wildman–Crippen LogP) is 10.0. The van der Waals surface area contributed by atoms with Gasteiger partial charge in [0.05, 0.1) is 0 Å². The van der Waals surface area contributed by atoms with E-state index in [1.54, 1.807) is 0 Å². The van der Waals surface area contributed by atoms with Gasteiger partial charge in [-0.1, -0.05) is 104 Å². The molecule has 1 nitrogen and oxygen atoms in total. The highest BCUT2D eigenvalue weighted by molar-refractivity contribution is 6.05. The van der Waals surface area contributed by atoms with Crippen LogP contribution in [0.2, 0.25) is 0 Å². The molecule has 0 fully saturated rings. The fourth-order valence-corrected chi connectivity index (χ4v) is 4.09. The largest absolute Gasteiger partial charge is 0.456 e. The lowest BCUT2D eigenvalue weighted by molar-refractivity contribution is 0.669. The molecule has 0 N–H and O–H groups in total. The summed E-state index contributed by atoms with van der Waals surface area (Å²) in [5, 5.41) is 2.33. The maximum atomic E-state index is 6.09. The summed E-state index contributed by atoms with van der Waals surface area (Å²) in [4.78, 5) is 0. The van der Waals surface area contributed by atoms with Crippen LogP contribution in [0.4, 0.5) is 0 Å². The van der Waals surface area contributed by atoms with Gasteiger partial charge < -0.3 is 4.42 Å². The molecule has 0 aliphatic rings. The molecule has 0 bridgehead atoms.